The fraction of sp³-hybridized carbons (Fsp3) is 0.273. The van der Waals surface area contributed by atoms with Gasteiger partial charge in [-0.2, -0.15) is 0 Å². The molecule has 1 heterocycles. The molecule has 1 aromatic heterocycles. The van der Waals surface area contributed by atoms with Crippen LogP contribution in [0.5, 0.6) is 5.75 Å². The molecule has 0 saturated carbocycles. The second-order valence-electron chi connectivity index (χ2n) is 7.32. The minimum atomic E-state index is -2.13. The zero-order valence-electron chi connectivity index (χ0n) is 18.1. The van der Waals surface area contributed by atoms with E-state index in [0.29, 0.717) is 24.2 Å². The first-order valence-electron chi connectivity index (χ1n) is 9.94. The van der Waals surface area contributed by atoms with Gasteiger partial charge in [0.05, 0.1) is 13.3 Å². The lowest BCUT2D eigenvalue weighted by Gasteiger charge is -2.13. The van der Waals surface area contributed by atoms with E-state index >= 15 is 0 Å². The van der Waals surface area contributed by atoms with Crippen molar-refractivity contribution in [1.82, 2.24) is 9.97 Å². The zero-order chi connectivity index (χ0) is 24.0. The van der Waals surface area contributed by atoms with Gasteiger partial charge in [0.25, 0.3) is 0 Å². The number of nitrogens with one attached hydrogen (secondary N) is 2. The highest BCUT2D eigenvalue weighted by Gasteiger charge is 2.15. The number of nitrogens with zero attached hydrogens (tertiary/aromatic N) is 3. The molecule has 0 bridgehead atoms. The summed E-state index contributed by atoms with van der Waals surface area (Å²) in [7, 11) is -0.793. The van der Waals surface area contributed by atoms with Crippen LogP contribution in [0.1, 0.15) is 12.0 Å². The second-order valence-corrected chi connectivity index (χ2v) is 9.95. The lowest BCUT2D eigenvalue weighted by molar-refractivity contribution is 0.291. The molecule has 176 valence electrons. The number of benzene rings is 2. The third-order valence-corrected chi connectivity index (χ3v) is 6.16. The van der Waals surface area contributed by atoms with E-state index in [2.05, 4.69) is 19.6 Å². The highest BCUT2D eigenvalue weighted by Crippen LogP contribution is 2.31. The van der Waals surface area contributed by atoms with Crippen molar-refractivity contribution in [2.24, 2.45) is 4.36 Å². The van der Waals surface area contributed by atoms with Crippen LogP contribution in [0.3, 0.4) is 0 Å². The van der Waals surface area contributed by atoms with E-state index < -0.39 is 27.1 Å². The third kappa shape index (κ3) is 6.65. The lowest BCUT2D eigenvalue weighted by atomic mass is 10.1. The van der Waals surface area contributed by atoms with Crippen LogP contribution < -0.4 is 10.1 Å². The van der Waals surface area contributed by atoms with Gasteiger partial charge in [-0.1, -0.05) is 9.62 Å². The molecule has 3 N–H and O–H groups in total. The van der Waals surface area contributed by atoms with Gasteiger partial charge in [0, 0.05) is 42.5 Å². The summed E-state index contributed by atoms with van der Waals surface area (Å²) >= 11 is 0. The molecule has 0 fully saturated rings. The van der Waals surface area contributed by atoms with Crippen molar-refractivity contribution in [2.75, 3.05) is 31.8 Å². The Labute approximate surface area is 190 Å². The number of aliphatic hydroxyl groups is 1. The quantitative estimate of drug-likeness (QED) is 0.378. The highest BCUT2D eigenvalue weighted by atomic mass is 32.2. The van der Waals surface area contributed by atoms with Crippen molar-refractivity contribution in [3.63, 3.8) is 0 Å². The normalized spacial score (nSPS) is 12.8. The molecule has 1 atom stereocenters. The molecule has 0 saturated heterocycles. The number of hydrogen-bond acceptors (Lipinski definition) is 7. The predicted molar refractivity (Wildman–Crippen MR) is 122 cm³/mol. The number of ether oxygens (including phenoxy) is 1. The Balaban J connectivity index is 1.90. The van der Waals surface area contributed by atoms with E-state index in [1.165, 1.54) is 25.3 Å². The van der Waals surface area contributed by atoms with Gasteiger partial charge in [0.2, 0.25) is 5.95 Å². The molecular weight excluding hydrogens is 455 g/mol. The predicted octanol–water partition coefficient (Wildman–Crippen LogP) is 4.93. The van der Waals surface area contributed by atoms with Crippen LogP contribution in [-0.2, 0) is 15.4 Å². The first-order valence-corrected chi connectivity index (χ1v) is 12.1. The summed E-state index contributed by atoms with van der Waals surface area (Å²) in [6.45, 7) is 0.363. The van der Waals surface area contributed by atoms with E-state index in [-0.39, 0.29) is 35.3 Å². The average molecular weight is 480 g/mol. The van der Waals surface area contributed by atoms with Gasteiger partial charge < -0.3 is 15.2 Å². The molecule has 11 heteroatoms. The molecule has 3 aromatic rings. The van der Waals surface area contributed by atoms with Gasteiger partial charge in [-0.3, -0.25) is 9.14 Å². The number of rotatable bonds is 9. The van der Waals surface area contributed by atoms with Crippen molar-refractivity contribution in [3.8, 4) is 17.0 Å². The molecule has 0 spiro atoms. The zero-order valence-corrected chi connectivity index (χ0v) is 18.9. The smallest absolute Gasteiger partial charge is 0.227 e. The highest BCUT2D eigenvalue weighted by molar-refractivity contribution is 7.93. The number of aromatic nitrogens is 2. The minimum Gasteiger partial charge on any atom is -0.496 e. The first kappa shape index (κ1) is 24.5. The Hall–Kier alpha value is -3.18. The summed E-state index contributed by atoms with van der Waals surface area (Å²) in [4.78, 5) is 8.07. The number of anilines is 2. The molecule has 1 unspecified atom stereocenters. The van der Waals surface area contributed by atoms with Gasteiger partial charge >= 0.3 is 0 Å². The topological polar surface area (TPSA) is 103 Å². The van der Waals surface area contributed by atoms with E-state index in [1.54, 1.807) is 12.3 Å². The summed E-state index contributed by atoms with van der Waals surface area (Å²) in [6, 6.07) is 7.84. The summed E-state index contributed by atoms with van der Waals surface area (Å²) in [5.74, 6) is -1.46. The van der Waals surface area contributed by atoms with E-state index in [9.17, 15) is 13.2 Å². The Morgan fingerprint density at radius 1 is 1.15 bits per heavy atom. The summed E-state index contributed by atoms with van der Waals surface area (Å²) < 4.78 is 60.0. The van der Waals surface area contributed by atoms with Crippen molar-refractivity contribution in [2.45, 2.75) is 12.2 Å². The maximum absolute atomic E-state index is 14.4. The molecule has 0 aliphatic heterocycles. The van der Waals surface area contributed by atoms with Gasteiger partial charge in [-0.05, 0) is 42.3 Å². The number of hydrogen-bond donors (Lipinski definition) is 3. The summed E-state index contributed by atoms with van der Waals surface area (Å²) in [6.07, 6.45) is 3.12. The van der Waals surface area contributed by atoms with Crippen LogP contribution >= 0.6 is 0 Å². The molecule has 3 rings (SSSR count). The Bertz CT molecular complexity index is 1260. The van der Waals surface area contributed by atoms with E-state index in [0.717, 1.165) is 18.3 Å². The molecule has 0 radical (unpaired) electrons. The summed E-state index contributed by atoms with van der Waals surface area (Å²) in [5, 5.41) is 11.7. The van der Waals surface area contributed by atoms with Crippen LogP contribution in [0.4, 0.5) is 24.8 Å². The second kappa shape index (κ2) is 10.6. The minimum absolute atomic E-state index is 0.00273. The SMILES string of the molecule is COc1cc(F)ccc1-c1nc(Nc2cc(F)cc(CS(C)(=N)=NCCCO)c2)ncc1F. The van der Waals surface area contributed by atoms with E-state index in [1.807, 2.05) is 0 Å². The number of methoxy groups -OCH3 is 1. The van der Waals surface area contributed by atoms with Crippen LogP contribution in [0.2, 0.25) is 0 Å². The van der Waals surface area contributed by atoms with Gasteiger partial charge in [0.1, 0.15) is 23.1 Å². The molecule has 0 amide bonds. The first-order chi connectivity index (χ1) is 15.7. The maximum Gasteiger partial charge on any atom is 0.227 e. The van der Waals surface area contributed by atoms with Crippen LogP contribution in [0.25, 0.3) is 11.3 Å². The molecule has 0 aliphatic rings. The van der Waals surface area contributed by atoms with Gasteiger partial charge in [-0.25, -0.2) is 23.1 Å². The van der Waals surface area contributed by atoms with Crippen LogP contribution in [-0.4, -0.2) is 41.6 Å². The molecule has 33 heavy (non-hydrogen) atoms. The standard InChI is InChI=1S/C22H24F3N5O2S/c1-32-20-11-15(23)4-5-18(20)21-19(25)12-27-22(30-21)29-17-9-14(8-16(24)10-17)13-33(2,26)28-6-3-7-31/h4-5,8-12,26,31H,3,6-7,13H2,1-2H3,(H,27,29,30). The Kier molecular flexibility index (Phi) is 7.88. The van der Waals surface area contributed by atoms with Crippen molar-refractivity contribution in [1.29, 1.82) is 4.78 Å². The Morgan fingerprint density at radius 3 is 2.67 bits per heavy atom. The summed E-state index contributed by atoms with van der Waals surface area (Å²) in [5.41, 5.74) is 1.01. The van der Waals surface area contributed by atoms with E-state index in [4.69, 9.17) is 14.6 Å². The molecule has 0 aliphatic carbocycles. The monoisotopic (exact) mass is 479 g/mol. The van der Waals surface area contributed by atoms with Crippen molar-refractivity contribution in [3.05, 3.63) is 65.6 Å². The van der Waals surface area contributed by atoms with Crippen LogP contribution in [0.15, 0.2) is 47.0 Å². The lowest BCUT2D eigenvalue weighted by Crippen LogP contribution is -2.04. The number of aliphatic hydroxyl groups excluding tert-OH is 1. The molecular formula is C22H24F3N5O2S. The fourth-order valence-corrected chi connectivity index (χ4v) is 4.56. The van der Waals surface area contributed by atoms with Gasteiger partial charge in [-0.15, -0.1) is 0 Å². The Morgan fingerprint density at radius 2 is 1.94 bits per heavy atom. The maximum atomic E-state index is 14.4. The third-order valence-electron chi connectivity index (χ3n) is 4.52. The largest absolute Gasteiger partial charge is 0.496 e. The fourth-order valence-electron chi connectivity index (χ4n) is 3.12. The van der Waals surface area contributed by atoms with Crippen LogP contribution in [0, 0.1) is 22.2 Å². The molecule has 2 aromatic carbocycles. The molecule has 7 nitrogen and oxygen atoms in total. The van der Waals surface area contributed by atoms with Gasteiger partial charge in [0.15, 0.2) is 5.82 Å². The van der Waals surface area contributed by atoms with Crippen molar-refractivity contribution >= 4 is 21.3 Å². The van der Waals surface area contributed by atoms with Crippen molar-refractivity contribution < 1.29 is 23.0 Å². The average Bonchev–Trinajstić information content (AvgIpc) is 2.74. The number of halogens is 3.